The minimum absolute atomic E-state index is 0.385. The van der Waals surface area contributed by atoms with Crippen molar-refractivity contribution in [1.82, 2.24) is 10.4 Å². The fraction of sp³-hybridized carbons (Fsp3) is 0.278. The highest BCUT2D eigenvalue weighted by molar-refractivity contribution is 5.94. The van der Waals surface area contributed by atoms with Gasteiger partial charge in [-0.05, 0) is 35.3 Å². The predicted molar refractivity (Wildman–Crippen MR) is 88.3 cm³/mol. The zero-order valence-electron chi connectivity index (χ0n) is 12.7. The Kier molecular flexibility index (Phi) is 4.39. The summed E-state index contributed by atoms with van der Waals surface area (Å²) in [5.41, 5.74) is 5.37. The Labute approximate surface area is 130 Å². The Balaban J connectivity index is 1.76. The highest BCUT2D eigenvalue weighted by Crippen LogP contribution is 2.28. The molecule has 0 spiro atoms. The van der Waals surface area contributed by atoms with Crippen molar-refractivity contribution in [2.24, 2.45) is 0 Å². The quantitative estimate of drug-likeness (QED) is 0.941. The molecule has 0 aromatic heterocycles. The standard InChI is InChI=1S/C18H20N2O2/c1-2-22-18(21)19-20-12-10-15(11-13-20)17-9-5-7-14-6-3-4-8-16(14)17/h3-10H,2,11-13H2,1H3,(H,19,21). The van der Waals surface area contributed by atoms with Gasteiger partial charge < -0.3 is 4.74 Å². The van der Waals surface area contributed by atoms with E-state index in [-0.39, 0.29) is 6.09 Å². The van der Waals surface area contributed by atoms with Gasteiger partial charge in [-0.2, -0.15) is 0 Å². The second-order valence-electron chi connectivity index (χ2n) is 5.28. The molecule has 0 radical (unpaired) electrons. The van der Waals surface area contributed by atoms with Crippen LogP contribution in [0.15, 0.2) is 48.5 Å². The first-order valence-corrected chi connectivity index (χ1v) is 7.63. The molecule has 0 saturated heterocycles. The highest BCUT2D eigenvalue weighted by atomic mass is 16.6. The van der Waals surface area contributed by atoms with E-state index < -0.39 is 0 Å². The van der Waals surface area contributed by atoms with Crippen molar-refractivity contribution >= 4 is 22.4 Å². The van der Waals surface area contributed by atoms with Crippen molar-refractivity contribution in [2.75, 3.05) is 19.7 Å². The smallest absolute Gasteiger partial charge is 0.421 e. The molecule has 0 saturated carbocycles. The summed E-state index contributed by atoms with van der Waals surface area (Å²) in [5, 5.41) is 4.42. The Hall–Kier alpha value is -2.33. The number of fused-ring (bicyclic) bond motifs is 1. The first-order chi connectivity index (χ1) is 10.8. The third kappa shape index (κ3) is 3.12. The van der Waals surface area contributed by atoms with E-state index in [9.17, 15) is 4.79 Å². The second-order valence-corrected chi connectivity index (χ2v) is 5.28. The molecule has 4 heteroatoms. The van der Waals surface area contributed by atoms with E-state index in [1.807, 2.05) is 5.01 Å². The van der Waals surface area contributed by atoms with Gasteiger partial charge in [-0.3, -0.25) is 5.43 Å². The van der Waals surface area contributed by atoms with E-state index in [1.165, 1.54) is 21.9 Å². The number of benzene rings is 2. The molecule has 0 unspecified atom stereocenters. The normalized spacial score (nSPS) is 15.4. The van der Waals surface area contributed by atoms with Crippen molar-refractivity contribution in [1.29, 1.82) is 0 Å². The van der Waals surface area contributed by atoms with Crippen LogP contribution in [0, 0.1) is 0 Å². The molecule has 0 bridgehead atoms. The minimum Gasteiger partial charge on any atom is -0.449 e. The lowest BCUT2D eigenvalue weighted by Crippen LogP contribution is -2.44. The third-order valence-electron chi connectivity index (χ3n) is 3.87. The highest BCUT2D eigenvalue weighted by Gasteiger charge is 2.16. The molecule has 0 aliphatic carbocycles. The summed E-state index contributed by atoms with van der Waals surface area (Å²) in [6, 6.07) is 14.8. The molecule has 4 nitrogen and oxygen atoms in total. The molecule has 114 valence electrons. The number of carbonyl (C=O) groups is 1. The van der Waals surface area contributed by atoms with Gasteiger partial charge >= 0.3 is 6.09 Å². The lowest BCUT2D eigenvalue weighted by atomic mass is 9.94. The number of hydrazine groups is 1. The van der Waals surface area contributed by atoms with Gasteiger partial charge in [-0.1, -0.05) is 48.5 Å². The number of hydrogen-bond donors (Lipinski definition) is 1. The molecule has 1 N–H and O–H groups in total. The number of carbonyl (C=O) groups excluding carboxylic acids is 1. The maximum Gasteiger partial charge on any atom is 0.421 e. The lowest BCUT2D eigenvalue weighted by Gasteiger charge is -2.26. The Morgan fingerprint density at radius 2 is 2.05 bits per heavy atom. The van der Waals surface area contributed by atoms with E-state index in [2.05, 4.69) is 54.0 Å². The lowest BCUT2D eigenvalue weighted by molar-refractivity contribution is 0.113. The van der Waals surface area contributed by atoms with E-state index in [1.54, 1.807) is 6.92 Å². The number of rotatable bonds is 3. The molecule has 0 atom stereocenters. The summed E-state index contributed by atoms with van der Waals surface area (Å²) >= 11 is 0. The van der Waals surface area contributed by atoms with Crippen LogP contribution < -0.4 is 5.43 Å². The van der Waals surface area contributed by atoms with Crippen LogP contribution in [-0.2, 0) is 4.74 Å². The third-order valence-corrected chi connectivity index (χ3v) is 3.87. The number of nitrogens with zero attached hydrogens (tertiary/aromatic N) is 1. The molecule has 2 aromatic rings. The molecule has 1 aliphatic heterocycles. The van der Waals surface area contributed by atoms with Gasteiger partial charge in [-0.25, -0.2) is 9.80 Å². The van der Waals surface area contributed by atoms with E-state index in [4.69, 9.17) is 4.74 Å². The number of nitrogens with one attached hydrogen (secondary N) is 1. The predicted octanol–water partition coefficient (Wildman–Crippen LogP) is 3.59. The van der Waals surface area contributed by atoms with Crippen molar-refractivity contribution in [3.63, 3.8) is 0 Å². The number of hydrogen-bond acceptors (Lipinski definition) is 3. The van der Waals surface area contributed by atoms with E-state index in [0.29, 0.717) is 13.2 Å². The molecule has 0 fully saturated rings. The molecule has 3 rings (SSSR count). The van der Waals surface area contributed by atoms with E-state index >= 15 is 0 Å². The number of amides is 1. The largest absolute Gasteiger partial charge is 0.449 e. The van der Waals surface area contributed by atoms with Crippen LogP contribution in [0.5, 0.6) is 0 Å². The van der Waals surface area contributed by atoms with Gasteiger partial charge in [0.05, 0.1) is 6.61 Å². The van der Waals surface area contributed by atoms with Gasteiger partial charge in [0.15, 0.2) is 0 Å². The molecule has 2 aromatic carbocycles. The summed E-state index contributed by atoms with van der Waals surface area (Å²) in [7, 11) is 0. The maximum atomic E-state index is 11.4. The monoisotopic (exact) mass is 296 g/mol. The molecular weight excluding hydrogens is 276 g/mol. The zero-order valence-corrected chi connectivity index (χ0v) is 12.7. The van der Waals surface area contributed by atoms with Gasteiger partial charge in [0, 0.05) is 13.1 Å². The average molecular weight is 296 g/mol. The molecule has 1 amide bonds. The molecular formula is C18H20N2O2. The minimum atomic E-state index is -0.385. The van der Waals surface area contributed by atoms with E-state index in [0.717, 1.165) is 13.0 Å². The number of ether oxygens (including phenoxy) is 1. The Morgan fingerprint density at radius 1 is 1.23 bits per heavy atom. The van der Waals surface area contributed by atoms with Crippen LogP contribution in [0.3, 0.4) is 0 Å². The Bertz CT molecular complexity index is 704. The van der Waals surface area contributed by atoms with Gasteiger partial charge in [0.25, 0.3) is 0 Å². The molecule has 1 heterocycles. The van der Waals surface area contributed by atoms with Crippen LogP contribution in [0.1, 0.15) is 18.9 Å². The van der Waals surface area contributed by atoms with Crippen LogP contribution in [0.2, 0.25) is 0 Å². The summed E-state index contributed by atoms with van der Waals surface area (Å²) < 4.78 is 4.90. The Morgan fingerprint density at radius 3 is 2.82 bits per heavy atom. The van der Waals surface area contributed by atoms with Gasteiger partial charge in [0.2, 0.25) is 0 Å². The van der Waals surface area contributed by atoms with Crippen LogP contribution in [0.4, 0.5) is 4.79 Å². The van der Waals surface area contributed by atoms with Gasteiger partial charge in [-0.15, -0.1) is 0 Å². The second kappa shape index (κ2) is 6.62. The van der Waals surface area contributed by atoms with Crippen LogP contribution in [0.25, 0.3) is 16.3 Å². The fourth-order valence-corrected chi connectivity index (χ4v) is 2.81. The maximum absolute atomic E-state index is 11.4. The van der Waals surface area contributed by atoms with Gasteiger partial charge in [0.1, 0.15) is 0 Å². The molecule has 22 heavy (non-hydrogen) atoms. The summed E-state index contributed by atoms with van der Waals surface area (Å²) in [6.45, 7) is 3.66. The zero-order chi connectivity index (χ0) is 15.4. The van der Waals surface area contributed by atoms with Crippen LogP contribution >= 0.6 is 0 Å². The first kappa shape index (κ1) is 14.6. The van der Waals surface area contributed by atoms with Crippen molar-refractivity contribution in [3.05, 3.63) is 54.1 Å². The first-order valence-electron chi connectivity index (χ1n) is 7.63. The average Bonchev–Trinajstić information content (AvgIpc) is 2.55. The molecule has 1 aliphatic rings. The van der Waals surface area contributed by atoms with Crippen molar-refractivity contribution in [2.45, 2.75) is 13.3 Å². The van der Waals surface area contributed by atoms with Crippen molar-refractivity contribution in [3.8, 4) is 0 Å². The SMILES string of the molecule is CCOC(=O)NN1CC=C(c2cccc3ccccc23)CC1. The summed E-state index contributed by atoms with van der Waals surface area (Å²) in [4.78, 5) is 11.4. The summed E-state index contributed by atoms with van der Waals surface area (Å²) in [6.07, 6.45) is 2.70. The summed E-state index contributed by atoms with van der Waals surface area (Å²) in [5.74, 6) is 0. The van der Waals surface area contributed by atoms with Crippen molar-refractivity contribution < 1.29 is 9.53 Å². The topological polar surface area (TPSA) is 41.6 Å². The fourth-order valence-electron chi connectivity index (χ4n) is 2.81. The van der Waals surface area contributed by atoms with Crippen LogP contribution in [-0.4, -0.2) is 30.8 Å².